The second-order valence-electron chi connectivity index (χ2n) is 6.56. The second kappa shape index (κ2) is 10.2. The largest absolute Gasteiger partial charge is 0.489 e. The van der Waals surface area contributed by atoms with Crippen molar-refractivity contribution < 1.29 is 14.5 Å². The van der Waals surface area contributed by atoms with E-state index >= 15 is 0 Å². The van der Waals surface area contributed by atoms with E-state index in [0.717, 1.165) is 5.56 Å². The van der Waals surface area contributed by atoms with Crippen LogP contribution in [0, 0.1) is 32.8 Å². The molecule has 0 atom stereocenters. The minimum Gasteiger partial charge on any atom is -0.489 e. The third-order valence-corrected chi connectivity index (χ3v) is 4.40. The number of carbonyl (C=O) groups excluding carboxylic acids is 1. The molecule has 0 aromatic heterocycles. The van der Waals surface area contributed by atoms with Crippen molar-refractivity contribution in [3.8, 4) is 17.9 Å². The van der Waals surface area contributed by atoms with Crippen molar-refractivity contribution in [1.29, 1.82) is 10.5 Å². The van der Waals surface area contributed by atoms with Gasteiger partial charge in [-0.05, 0) is 35.9 Å². The van der Waals surface area contributed by atoms with Crippen molar-refractivity contribution in [3.05, 3.63) is 105 Å². The van der Waals surface area contributed by atoms with E-state index in [1.165, 1.54) is 30.3 Å². The molecule has 8 nitrogen and oxygen atoms in total. The van der Waals surface area contributed by atoms with Crippen molar-refractivity contribution in [2.45, 2.75) is 6.61 Å². The van der Waals surface area contributed by atoms with Gasteiger partial charge in [0.1, 0.15) is 24.0 Å². The van der Waals surface area contributed by atoms with Gasteiger partial charge in [-0.25, -0.2) is 0 Å². The third-order valence-electron chi connectivity index (χ3n) is 4.40. The molecule has 0 bridgehead atoms. The smallest absolute Gasteiger partial charge is 0.271 e. The molecule has 0 aliphatic rings. The van der Waals surface area contributed by atoms with E-state index in [-0.39, 0.29) is 23.6 Å². The minimum absolute atomic E-state index is 0.159. The number of rotatable bonds is 7. The normalized spacial score (nSPS) is 10.5. The summed E-state index contributed by atoms with van der Waals surface area (Å²) in [5.74, 6) is -0.115. The van der Waals surface area contributed by atoms with E-state index in [9.17, 15) is 20.2 Å². The van der Waals surface area contributed by atoms with Gasteiger partial charge in [0.15, 0.2) is 0 Å². The van der Waals surface area contributed by atoms with Crippen molar-refractivity contribution in [2.24, 2.45) is 0 Å². The average Bonchev–Trinajstić information content (AvgIpc) is 2.82. The highest BCUT2D eigenvalue weighted by molar-refractivity contribution is 6.09. The lowest BCUT2D eigenvalue weighted by Gasteiger charge is -2.08. The van der Waals surface area contributed by atoms with E-state index in [2.05, 4.69) is 11.4 Å². The highest BCUT2D eigenvalue weighted by Crippen LogP contribution is 2.20. The Labute approximate surface area is 183 Å². The molecule has 32 heavy (non-hydrogen) atoms. The zero-order valence-corrected chi connectivity index (χ0v) is 16.7. The predicted molar refractivity (Wildman–Crippen MR) is 117 cm³/mol. The Kier molecular flexibility index (Phi) is 6.93. The van der Waals surface area contributed by atoms with Crippen molar-refractivity contribution in [1.82, 2.24) is 0 Å². The highest BCUT2D eigenvalue weighted by atomic mass is 16.6. The Morgan fingerprint density at radius 1 is 1.06 bits per heavy atom. The number of nitriles is 2. The standard InChI is InChI=1S/C24H16N4O4/c25-14-18-4-1-2-5-19(18)16-32-23-10-8-17(9-11-23)12-20(15-26)24(29)27-21-6-3-7-22(13-21)28(30)31/h1-13H,16H2,(H,27,29)/b20-12+. The van der Waals surface area contributed by atoms with Crippen LogP contribution in [-0.4, -0.2) is 10.8 Å². The molecule has 0 radical (unpaired) electrons. The Hall–Kier alpha value is -4.95. The van der Waals surface area contributed by atoms with Crippen LogP contribution in [0.3, 0.4) is 0 Å². The summed E-state index contributed by atoms with van der Waals surface area (Å²) >= 11 is 0. The maximum Gasteiger partial charge on any atom is 0.271 e. The van der Waals surface area contributed by atoms with E-state index < -0.39 is 10.8 Å². The first-order valence-electron chi connectivity index (χ1n) is 9.38. The number of nitrogens with zero attached hydrogens (tertiary/aromatic N) is 3. The number of hydrogen-bond acceptors (Lipinski definition) is 6. The number of nitro groups is 1. The van der Waals surface area contributed by atoms with Gasteiger partial charge in [0.2, 0.25) is 0 Å². The molecule has 3 rings (SSSR count). The van der Waals surface area contributed by atoms with Crippen LogP contribution in [0.15, 0.2) is 78.4 Å². The summed E-state index contributed by atoms with van der Waals surface area (Å²) in [4.78, 5) is 22.7. The molecular formula is C24H16N4O4. The van der Waals surface area contributed by atoms with Gasteiger partial charge < -0.3 is 10.1 Å². The number of nitrogens with one attached hydrogen (secondary N) is 1. The highest BCUT2D eigenvalue weighted by Gasteiger charge is 2.12. The summed E-state index contributed by atoms with van der Waals surface area (Å²) in [6.45, 7) is 0.230. The zero-order valence-electron chi connectivity index (χ0n) is 16.7. The topological polar surface area (TPSA) is 129 Å². The van der Waals surface area contributed by atoms with Gasteiger partial charge in [-0.15, -0.1) is 0 Å². The summed E-state index contributed by atoms with van der Waals surface area (Å²) < 4.78 is 5.71. The summed E-state index contributed by atoms with van der Waals surface area (Å²) in [5, 5.41) is 31.8. The van der Waals surface area contributed by atoms with Gasteiger partial charge in [0, 0.05) is 23.4 Å². The molecule has 1 amide bonds. The molecule has 0 unspecified atom stereocenters. The lowest BCUT2D eigenvalue weighted by molar-refractivity contribution is -0.384. The summed E-state index contributed by atoms with van der Waals surface area (Å²) in [6.07, 6.45) is 1.40. The van der Waals surface area contributed by atoms with Crippen LogP contribution < -0.4 is 10.1 Å². The predicted octanol–water partition coefficient (Wildman–Crippen LogP) is 4.59. The quantitative estimate of drug-likeness (QED) is 0.256. The Bertz CT molecular complexity index is 1270. The van der Waals surface area contributed by atoms with Crippen molar-refractivity contribution >= 4 is 23.4 Å². The van der Waals surface area contributed by atoms with Crippen LogP contribution in [0.5, 0.6) is 5.75 Å². The molecule has 0 aliphatic carbocycles. The first-order chi connectivity index (χ1) is 15.5. The SMILES string of the molecule is N#C/C(=C\c1ccc(OCc2ccccc2C#N)cc1)C(=O)Nc1cccc([N+](=O)[O-])c1. The summed E-state index contributed by atoms with van der Waals surface area (Å²) in [7, 11) is 0. The van der Waals surface area contributed by atoms with Crippen LogP contribution >= 0.6 is 0 Å². The molecule has 156 valence electrons. The number of amides is 1. The molecule has 0 aliphatic heterocycles. The van der Waals surface area contributed by atoms with Crippen LogP contribution in [0.4, 0.5) is 11.4 Å². The number of ether oxygens (including phenoxy) is 1. The average molecular weight is 424 g/mol. The molecule has 0 heterocycles. The molecular weight excluding hydrogens is 408 g/mol. The van der Waals surface area contributed by atoms with Gasteiger partial charge in [-0.3, -0.25) is 14.9 Å². The number of hydrogen-bond donors (Lipinski definition) is 1. The monoisotopic (exact) mass is 424 g/mol. The number of anilines is 1. The van der Waals surface area contributed by atoms with Gasteiger partial charge in [-0.1, -0.05) is 36.4 Å². The fourth-order valence-corrected chi connectivity index (χ4v) is 2.79. The van der Waals surface area contributed by atoms with Gasteiger partial charge >= 0.3 is 0 Å². The number of nitro benzene ring substituents is 1. The van der Waals surface area contributed by atoms with E-state index in [1.54, 1.807) is 36.4 Å². The van der Waals surface area contributed by atoms with Gasteiger partial charge in [0.25, 0.3) is 11.6 Å². The molecule has 0 fully saturated rings. The first-order valence-corrected chi connectivity index (χ1v) is 9.38. The molecule has 8 heteroatoms. The minimum atomic E-state index is -0.679. The van der Waals surface area contributed by atoms with Gasteiger partial charge in [0.05, 0.1) is 16.6 Å². The molecule has 3 aromatic rings. The number of carbonyl (C=O) groups is 1. The van der Waals surface area contributed by atoms with Crippen LogP contribution in [0.1, 0.15) is 16.7 Å². The maximum absolute atomic E-state index is 12.4. The van der Waals surface area contributed by atoms with Crippen LogP contribution in [-0.2, 0) is 11.4 Å². The number of non-ortho nitro benzene ring substituents is 1. The maximum atomic E-state index is 12.4. The Morgan fingerprint density at radius 3 is 2.50 bits per heavy atom. The fourth-order valence-electron chi connectivity index (χ4n) is 2.79. The van der Waals surface area contributed by atoms with E-state index in [0.29, 0.717) is 16.9 Å². The lowest BCUT2D eigenvalue weighted by Crippen LogP contribution is -2.13. The molecule has 1 N–H and O–H groups in total. The summed E-state index contributed by atoms with van der Waals surface area (Å²) in [5.41, 5.74) is 1.79. The summed E-state index contributed by atoms with van der Waals surface area (Å²) in [6, 6.07) is 23.3. The molecule has 0 spiro atoms. The Balaban J connectivity index is 1.67. The van der Waals surface area contributed by atoms with Crippen LogP contribution in [0.2, 0.25) is 0 Å². The van der Waals surface area contributed by atoms with Crippen molar-refractivity contribution in [3.63, 3.8) is 0 Å². The van der Waals surface area contributed by atoms with E-state index in [1.807, 2.05) is 18.2 Å². The Morgan fingerprint density at radius 2 is 1.81 bits per heavy atom. The fraction of sp³-hybridized carbons (Fsp3) is 0.0417. The number of benzene rings is 3. The molecule has 3 aromatic carbocycles. The van der Waals surface area contributed by atoms with Crippen LogP contribution in [0.25, 0.3) is 6.08 Å². The third kappa shape index (κ3) is 5.56. The molecule has 0 saturated heterocycles. The van der Waals surface area contributed by atoms with Crippen molar-refractivity contribution in [2.75, 3.05) is 5.32 Å². The first kappa shape index (κ1) is 21.8. The lowest BCUT2D eigenvalue weighted by atomic mass is 10.1. The second-order valence-corrected chi connectivity index (χ2v) is 6.56. The van der Waals surface area contributed by atoms with E-state index in [4.69, 9.17) is 10.00 Å². The molecule has 0 saturated carbocycles. The van der Waals surface area contributed by atoms with Gasteiger partial charge in [-0.2, -0.15) is 10.5 Å². The zero-order chi connectivity index (χ0) is 22.9.